The fourth-order valence-electron chi connectivity index (χ4n) is 2.78. The van der Waals surface area contributed by atoms with Crippen LogP contribution in [-0.4, -0.2) is 50.7 Å². The Balaban J connectivity index is 1.66. The fraction of sp³-hybridized carbons (Fsp3) is 0.588. The summed E-state index contributed by atoms with van der Waals surface area (Å²) in [6, 6.07) is 7.89. The summed E-state index contributed by atoms with van der Waals surface area (Å²) >= 11 is 0. The van der Waals surface area contributed by atoms with E-state index < -0.39 is 0 Å². The van der Waals surface area contributed by atoms with Gasteiger partial charge in [0.2, 0.25) is 5.91 Å². The molecule has 0 radical (unpaired) electrons. The first-order chi connectivity index (χ1) is 10.7. The lowest BCUT2D eigenvalue weighted by molar-refractivity contribution is -0.122. The molecule has 22 heavy (non-hydrogen) atoms. The molecule has 0 spiro atoms. The predicted molar refractivity (Wildman–Crippen MR) is 86.4 cm³/mol. The molecule has 0 aliphatic carbocycles. The Hall–Kier alpha value is -1.75. The molecule has 0 aromatic heterocycles. The first-order valence-electron chi connectivity index (χ1n) is 7.93. The molecule has 1 heterocycles. The number of benzene rings is 1. The molecule has 5 heteroatoms. The molecule has 1 N–H and O–H groups in total. The van der Waals surface area contributed by atoms with Gasteiger partial charge in [-0.25, -0.2) is 0 Å². The van der Waals surface area contributed by atoms with Crippen LogP contribution in [0.2, 0.25) is 0 Å². The van der Waals surface area contributed by atoms with Crippen molar-refractivity contribution in [1.29, 1.82) is 0 Å². The molecule has 1 atom stereocenters. The fourth-order valence-corrected chi connectivity index (χ4v) is 2.78. The van der Waals surface area contributed by atoms with Crippen molar-refractivity contribution in [3.05, 3.63) is 24.3 Å². The molecular weight excluding hydrogens is 280 g/mol. The summed E-state index contributed by atoms with van der Waals surface area (Å²) in [5, 5.41) is 2.93. The van der Waals surface area contributed by atoms with Gasteiger partial charge in [0.05, 0.1) is 13.7 Å². The lowest BCUT2D eigenvalue weighted by Gasteiger charge is -2.31. The third-order valence-corrected chi connectivity index (χ3v) is 4.09. The predicted octanol–water partition coefficient (Wildman–Crippen LogP) is 2.06. The normalized spacial score (nSPS) is 18.7. The Morgan fingerprint density at radius 1 is 1.32 bits per heavy atom. The third kappa shape index (κ3) is 4.91. The zero-order valence-corrected chi connectivity index (χ0v) is 13.5. The number of carbonyl (C=O) groups is 1. The third-order valence-electron chi connectivity index (χ3n) is 4.09. The first-order valence-corrected chi connectivity index (χ1v) is 7.93. The number of hydrogen-bond donors (Lipinski definition) is 1. The van der Waals surface area contributed by atoms with Crippen molar-refractivity contribution < 1.29 is 14.3 Å². The number of ether oxygens (including phenoxy) is 2. The maximum absolute atomic E-state index is 12.0. The minimum atomic E-state index is 0.0994. The van der Waals surface area contributed by atoms with E-state index in [1.54, 1.807) is 7.11 Å². The molecule has 2 rings (SSSR count). The zero-order valence-electron chi connectivity index (χ0n) is 13.5. The molecule has 1 fully saturated rings. The number of methoxy groups -OCH3 is 1. The number of nitrogens with zero attached hydrogens (tertiary/aromatic N) is 1. The van der Waals surface area contributed by atoms with Crippen LogP contribution in [0.5, 0.6) is 11.5 Å². The van der Waals surface area contributed by atoms with Crippen LogP contribution >= 0.6 is 0 Å². The van der Waals surface area contributed by atoms with Crippen molar-refractivity contribution >= 4 is 5.91 Å². The van der Waals surface area contributed by atoms with Gasteiger partial charge in [-0.2, -0.15) is 0 Å². The summed E-state index contributed by atoms with van der Waals surface area (Å²) in [5.41, 5.74) is 0. The van der Waals surface area contributed by atoms with E-state index in [1.807, 2.05) is 24.3 Å². The van der Waals surface area contributed by atoms with Gasteiger partial charge < -0.3 is 19.7 Å². The Kier molecular flexibility index (Phi) is 6.52. The van der Waals surface area contributed by atoms with Gasteiger partial charge in [-0.1, -0.05) is 18.6 Å². The number of hydrogen-bond acceptors (Lipinski definition) is 4. The second-order valence-corrected chi connectivity index (χ2v) is 5.68. The summed E-state index contributed by atoms with van der Waals surface area (Å²) in [4.78, 5) is 14.3. The van der Waals surface area contributed by atoms with Gasteiger partial charge in [0.25, 0.3) is 0 Å². The molecule has 1 saturated heterocycles. The molecule has 1 aliphatic rings. The number of para-hydroxylation sites is 2. The van der Waals surface area contributed by atoms with E-state index in [9.17, 15) is 4.79 Å². The molecule has 5 nitrogen and oxygen atoms in total. The summed E-state index contributed by atoms with van der Waals surface area (Å²) in [5.74, 6) is 1.51. The van der Waals surface area contributed by atoms with Crippen LogP contribution in [0.4, 0.5) is 0 Å². The van der Waals surface area contributed by atoms with Crippen molar-refractivity contribution in [2.45, 2.75) is 31.7 Å². The minimum absolute atomic E-state index is 0.0994. The van der Waals surface area contributed by atoms with E-state index in [2.05, 4.69) is 17.3 Å². The lowest BCUT2D eigenvalue weighted by atomic mass is 10.00. The van der Waals surface area contributed by atoms with Crippen molar-refractivity contribution in [3.63, 3.8) is 0 Å². The van der Waals surface area contributed by atoms with E-state index >= 15 is 0 Å². The van der Waals surface area contributed by atoms with Crippen LogP contribution in [0.25, 0.3) is 0 Å². The molecule has 0 unspecified atom stereocenters. The van der Waals surface area contributed by atoms with E-state index in [0.717, 1.165) is 13.0 Å². The standard InChI is InChI=1S/C17H26N2O3/c1-19-11-6-5-7-14(19)13-17(20)18-10-12-22-16-9-4-3-8-15(16)21-2/h3-4,8-9,14H,5-7,10-13H2,1-2H3,(H,18,20)/t14-/m0/s1. The maximum Gasteiger partial charge on any atom is 0.221 e. The van der Waals surface area contributed by atoms with Gasteiger partial charge in [-0.05, 0) is 38.6 Å². The van der Waals surface area contributed by atoms with E-state index in [0.29, 0.717) is 37.1 Å². The Morgan fingerprint density at radius 3 is 2.82 bits per heavy atom. The molecule has 0 bridgehead atoms. The number of nitrogens with one attached hydrogen (secondary N) is 1. The quantitative estimate of drug-likeness (QED) is 0.784. The number of likely N-dealkylation sites (tertiary alicyclic amines) is 1. The molecule has 1 aromatic rings. The summed E-state index contributed by atoms with van der Waals surface area (Å²) in [6.07, 6.45) is 4.15. The van der Waals surface area contributed by atoms with Crippen LogP contribution in [0.15, 0.2) is 24.3 Å². The highest BCUT2D eigenvalue weighted by atomic mass is 16.5. The van der Waals surface area contributed by atoms with Gasteiger partial charge >= 0.3 is 0 Å². The van der Waals surface area contributed by atoms with E-state index in [1.165, 1.54) is 12.8 Å². The average Bonchev–Trinajstić information content (AvgIpc) is 2.54. The topological polar surface area (TPSA) is 50.8 Å². The molecule has 1 aliphatic heterocycles. The van der Waals surface area contributed by atoms with Crippen LogP contribution in [0, 0.1) is 0 Å². The van der Waals surface area contributed by atoms with Crippen molar-refractivity contribution in [2.24, 2.45) is 0 Å². The molecule has 0 saturated carbocycles. The number of amides is 1. The summed E-state index contributed by atoms with van der Waals surface area (Å²) < 4.78 is 10.9. The van der Waals surface area contributed by atoms with Crippen molar-refractivity contribution in [3.8, 4) is 11.5 Å². The molecule has 1 aromatic carbocycles. The second-order valence-electron chi connectivity index (χ2n) is 5.68. The highest BCUT2D eigenvalue weighted by Gasteiger charge is 2.21. The van der Waals surface area contributed by atoms with Gasteiger partial charge in [-0.3, -0.25) is 4.79 Å². The molecule has 1 amide bonds. The van der Waals surface area contributed by atoms with E-state index in [4.69, 9.17) is 9.47 Å². The largest absolute Gasteiger partial charge is 0.493 e. The van der Waals surface area contributed by atoms with Gasteiger partial charge in [0.1, 0.15) is 6.61 Å². The molecule has 122 valence electrons. The summed E-state index contributed by atoms with van der Waals surface area (Å²) in [7, 11) is 3.71. The highest BCUT2D eigenvalue weighted by molar-refractivity contribution is 5.76. The average molecular weight is 306 g/mol. The van der Waals surface area contributed by atoms with E-state index in [-0.39, 0.29) is 5.91 Å². The lowest BCUT2D eigenvalue weighted by Crippen LogP contribution is -2.40. The Bertz CT molecular complexity index is 479. The molecular formula is C17H26N2O3. The minimum Gasteiger partial charge on any atom is -0.493 e. The number of piperidine rings is 1. The summed E-state index contributed by atoms with van der Waals surface area (Å²) in [6.45, 7) is 2.04. The van der Waals surface area contributed by atoms with Gasteiger partial charge in [0.15, 0.2) is 11.5 Å². The SMILES string of the molecule is COc1ccccc1OCCNC(=O)C[C@@H]1CCCCN1C. The zero-order chi connectivity index (χ0) is 15.8. The van der Waals surface area contributed by atoms with Crippen LogP contribution in [-0.2, 0) is 4.79 Å². The van der Waals surface area contributed by atoms with Gasteiger partial charge in [0, 0.05) is 12.5 Å². The monoisotopic (exact) mass is 306 g/mol. The van der Waals surface area contributed by atoms with Crippen molar-refractivity contribution in [2.75, 3.05) is 33.9 Å². The Morgan fingerprint density at radius 2 is 2.09 bits per heavy atom. The van der Waals surface area contributed by atoms with Crippen LogP contribution in [0.3, 0.4) is 0 Å². The van der Waals surface area contributed by atoms with Crippen molar-refractivity contribution in [1.82, 2.24) is 10.2 Å². The van der Waals surface area contributed by atoms with Gasteiger partial charge in [-0.15, -0.1) is 0 Å². The second kappa shape index (κ2) is 8.63. The van der Waals surface area contributed by atoms with Crippen LogP contribution in [0.1, 0.15) is 25.7 Å². The maximum atomic E-state index is 12.0. The van der Waals surface area contributed by atoms with Crippen LogP contribution < -0.4 is 14.8 Å². The number of rotatable bonds is 7. The smallest absolute Gasteiger partial charge is 0.221 e. The first kappa shape index (κ1) is 16.6. The number of carbonyl (C=O) groups excluding carboxylic acids is 1. The Labute approximate surface area is 132 Å². The highest BCUT2D eigenvalue weighted by Crippen LogP contribution is 2.25.